The maximum absolute atomic E-state index is 12.0. The van der Waals surface area contributed by atoms with Crippen molar-refractivity contribution in [2.24, 2.45) is 0 Å². The van der Waals surface area contributed by atoms with Crippen molar-refractivity contribution in [3.05, 3.63) is 16.0 Å². The van der Waals surface area contributed by atoms with E-state index in [0.717, 1.165) is 11.3 Å². The van der Waals surface area contributed by atoms with E-state index in [1.165, 1.54) is 13.2 Å². The summed E-state index contributed by atoms with van der Waals surface area (Å²) >= 11 is 9.63. The Hall–Kier alpha value is 0.01000. The standard InChI is InChI=1S/C9H11BrClNO4S2/c1-16-3-2-12-18(14,15)9-6(7(13)5-10)4-8(11)17-9/h4,12H,2-3,5H2,1H3. The van der Waals surface area contributed by atoms with E-state index in [0.29, 0.717) is 0 Å². The van der Waals surface area contributed by atoms with Gasteiger partial charge in [-0.2, -0.15) is 0 Å². The number of carbonyl (C=O) groups excluding carboxylic acids is 1. The molecule has 0 aliphatic heterocycles. The third-order valence-electron chi connectivity index (χ3n) is 1.93. The van der Waals surface area contributed by atoms with Crippen LogP contribution in [0.4, 0.5) is 0 Å². The van der Waals surface area contributed by atoms with Crippen molar-refractivity contribution >= 4 is 54.7 Å². The van der Waals surface area contributed by atoms with Gasteiger partial charge in [0.25, 0.3) is 10.0 Å². The molecule has 1 aromatic heterocycles. The second-order valence-electron chi connectivity index (χ2n) is 3.20. The number of rotatable bonds is 7. The molecule has 0 spiro atoms. The van der Waals surface area contributed by atoms with Crippen molar-refractivity contribution in [1.29, 1.82) is 0 Å². The molecule has 9 heteroatoms. The van der Waals surface area contributed by atoms with Gasteiger partial charge in [-0.05, 0) is 6.07 Å². The van der Waals surface area contributed by atoms with E-state index in [9.17, 15) is 13.2 Å². The van der Waals surface area contributed by atoms with E-state index < -0.39 is 10.0 Å². The van der Waals surface area contributed by atoms with Crippen molar-refractivity contribution in [2.75, 3.05) is 25.6 Å². The van der Waals surface area contributed by atoms with Crippen LogP contribution in [0.5, 0.6) is 0 Å². The Kier molecular flexibility index (Phi) is 6.22. The Bertz CT molecular complexity index is 529. The molecule has 0 fully saturated rings. The van der Waals surface area contributed by atoms with Gasteiger partial charge in [0.2, 0.25) is 0 Å². The Balaban J connectivity index is 3.04. The van der Waals surface area contributed by atoms with E-state index in [1.54, 1.807) is 0 Å². The molecule has 0 saturated carbocycles. The Morgan fingerprint density at radius 3 is 2.83 bits per heavy atom. The summed E-state index contributed by atoms with van der Waals surface area (Å²) in [6.07, 6.45) is 0. The lowest BCUT2D eigenvalue weighted by Gasteiger charge is -2.05. The molecular weight excluding hydrogens is 366 g/mol. The molecule has 18 heavy (non-hydrogen) atoms. The van der Waals surface area contributed by atoms with Gasteiger partial charge in [-0.15, -0.1) is 11.3 Å². The van der Waals surface area contributed by atoms with E-state index in [4.69, 9.17) is 16.3 Å². The highest BCUT2D eigenvalue weighted by Crippen LogP contribution is 2.31. The second kappa shape index (κ2) is 6.97. The SMILES string of the molecule is COCCNS(=O)(=O)c1sc(Cl)cc1C(=O)CBr. The lowest BCUT2D eigenvalue weighted by Crippen LogP contribution is -2.27. The lowest BCUT2D eigenvalue weighted by molar-refractivity contribution is 0.102. The van der Waals surface area contributed by atoms with E-state index in [2.05, 4.69) is 20.7 Å². The topological polar surface area (TPSA) is 72.5 Å². The smallest absolute Gasteiger partial charge is 0.250 e. The molecule has 0 unspecified atom stereocenters. The zero-order valence-corrected chi connectivity index (χ0v) is 13.4. The molecule has 0 aliphatic rings. The average molecular weight is 377 g/mol. The highest BCUT2D eigenvalue weighted by molar-refractivity contribution is 9.09. The number of methoxy groups -OCH3 is 1. The number of halogens is 2. The number of hydrogen-bond acceptors (Lipinski definition) is 5. The van der Waals surface area contributed by atoms with Crippen LogP contribution in [0.1, 0.15) is 10.4 Å². The summed E-state index contributed by atoms with van der Waals surface area (Å²) in [7, 11) is -2.27. The highest BCUT2D eigenvalue weighted by atomic mass is 79.9. The molecule has 0 atom stereocenters. The van der Waals surface area contributed by atoms with Gasteiger partial charge in [0.15, 0.2) is 5.78 Å². The van der Waals surface area contributed by atoms with Crippen LogP contribution in [-0.4, -0.2) is 39.8 Å². The normalized spacial score (nSPS) is 11.7. The van der Waals surface area contributed by atoms with Crippen LogP contribution in [0.25, 0.3) is 0 Å². The first-order chi connectivity index (χ1) is 8.42. The summed E-state index contributed by atoms with van der Waals surface area (Å²) in [6.45, 7) is 0.385. The minimum atomic E-state index is -3.74. The molecular formula is C9H11BrClNO4S2. The van der Waals surface area contributed by atoms with E-state index in [1.807, 2.05) is 0 Å². The molecule has 1 rings (SSSR count). The van der Waals surface area contributed by atoms with Crippen molar-refractivity contribution in [1.82, 2.24) is 4.72 Å². The van der Waals surface area contributed by atoms with Crippen molar-refractivity contribution in [3.63, 3.8) is 0 Å². The summed E-state index contributed by atoms with van der Waals surface area (Å²) < 4.78 is 31.2. The number of carbonyl (C=O) groups is 1. The highest BCUT2D eigenvalue weighted by Gasteiger charge is 2.25. The fourth-order valence-electron chi connectivity index (χ4n) is 1.15. The predicted octanol–water partition coefficient (Wildman–Crippen LogP) is 1.90. The molecule has 0 saturated heterocycles. The molecule has 0 amide bonds. The lowest BCUT2D eigenvalue weighted by atomic mass is 10.2. The average Bonchev–Trinajstić information content (AvgIpc) is 2.71. The van der Waals surface area contributed by atoms with Gasteiger partial charge < -0.3 is 4.74 Å². The minimum Gasteiger partial charge on any atom is -0.383 e. The van der Waals surface area contributed by atoms with E-state index in [-0.39, 0.29) is 38.4 Å². The largest absolute Gasteiger partial charge is 0.383 e. The summed E-state index contributed by atoms with van der Waals surface area (Å²) in [5.41, 5.74) is 0.104. The van der Waals surface area contributed by atoms with Crippen molar-refractivity contribution < 1.29 is 17.9 Å². The molecule has 102 valence electrons. The van der Waals surface area contributed by atoms with Gasteiger partial charge in [0.05, 0.1) is 21.8 Å². The molecule has 0 aromatic carbocycles. The number of hydrogen-bond donors (Lipinski definition) is 1. The van der Waals surface area contributed by atoms with Gasteiger partial charge in [0, 0.05) is 13.7 Å². The fourth-order valence-corrected chi connectivity index (χ4v) is 4.40. The van der Waals surface area contributed by atoms with Gasteiger partial charge in [0.1, 0.15) is 4.21 Å². The number of sulfonamides is 1. The summed E-state index contributed by atoms with van der Waals surface area (Å²) in [4.78, 5) is 11.6. The molecule has 0 radical (unpaired) electrons. The number of thiophene rings is 1. The van der Waals surface area contributed by atoms with Crippen LogP contribution in [0, 0.1) is 0 Å². The third kappa shape index (κ3) is 4.01. The molecule has 5 nitrogen and oxygen atoms in total. The predicted molar refractivity (Wildman–Crippen MR) is 74.5 cm³/mol. The van der Waals surface area contributed by atoms with Gasteiger partial charge in [-0.25, -0.2) is 13.1 Å². The first kappa shape index (κ1) is 16.1. The second-order valence-corrected chi connectivity index (χ2v) is 7.41. The minimum absolute atomic E-state index is 0.0423. The van der Waals surface area contributed by atoms with Crippen molar-refractivity contribution in [2.45, 2.75) is 4.21 Å². The number of Topliss-reactive ketones (excluding diaryl/α,β-unsaturated/α-hetero) is 1. The van der Waals surface area contributed by atoms with Crippen LogP contribution in [0.15, 0.2) is 10.3 Å². The molecule has 0 bridgehead atoms. The molecule has 1 heterocycles. The maximum atomic E-state index is 12.0. The van der Waals surface area contributed by atoms with Crippen molar-refractivity contribution in [3.8, 4) is 0 Å². The zero-order chi connectivity index (χ0) is 13.8. The Morgan fingerprint density at radius 2 is 2.28 bits per heavy atom. The Labute approximate surface area is 123 Å². The number of nitrogens with one attached hydrogen (secondary N) is 1. The zero-order valence-electron chi connectivity index (χ0n) is 9.40. The van der Waals surface area contributed by atoms with Crippen LogP contribution in [0.2, 0.25) is 4.34 Å². The Morgan fingerprint density at radius 1 is 1.61 bits per heavy atom. The quantitative estimate of drug-likeness (QED) is 0.448. The van der Waals surface area contributed by atoms with Gasteiger partial charge >= 0.3 is 0 Å². The van der Waals surface area contributed by atoms with Crippen LogP contribution >= 0.6 is 38.9 Å². The number of alkyl halides is 1. The molecule has 1 aromatic rings. The van der Waals surface area contributed by atoms with E-state index >= 15 is 0 Å². The van der Waals surface area contributed by atoms with Crippen LogP contribution in [-0.2, 0) is 14.8 Å². The van der Waals surface area contributed by atoms with Crippen LogP contribution < -0.4 is 4.72 Å². The third-order valence-corrected chi connectivity index (χ3v) is 5.70. The van der Waals surface area contributed by atoms with Gasteiger partial charge in [-0.1, -0.05) is 27.5 Å². The fraction of sp³-hybridized carbons (Fsp3) is 0.444. The number of ketones is 1. The number of ether oxygens (including phenoxy) is 1. The first-order valence-electron chi connectivity index (χ1n) is 4.79. The van der Waals surface area contributed by atoms with Gasteiger partial charge in [-0.3, -0.25) is 4.79 Å². The molecule has 0 aliphatic carbocycles. The van der Waals surface area contributed by atoms with Crippen LogP contribution in [0.3, 0.4) is 0 Å². The summed E-state index contributed by atoms with van der Waals surface area (Å²) in [5, 5.41) is 0.0423. The molecule has 1 N–H and O–H groups in total. The summed E-state index contributed by atoms with van der Waals surface area (Å²) in [5.74, 6) is -0.328. The monoisotopic (exact) mass is 375 g/mol. The first-order valence-corrected chi connectivity index (χ1v) is 8.59. The summed E-state index contributed by atoms with van der Waals surface area (Å²) in [6, 6.07) is 1.36. The maximum Gasteiger partial charge on any atom is 0.250 e.